The summed E-state index contributed by atoms with van der Waals surface area (Å²) in [5.74, 6) is -1.05. The lowest BCUT2D eigenvalue weighted by Crippen LogP contribution is -2.38. The number of anilines is 1. The van der Waals surface area contributed by atoms with Gasteiger partial charge in [-0.15, -0.1) is 11.3 Å². The lowest BCUT2D eigenvalue weighted by Gasteiger charge is -2.34. The average Bonchev–Trinajstić information content (AvgIpc) is 2.84. The SMILES string of the molecule is Cc1ncc(CN2CC(C(=O)O)Cc3ccccc32)s1. The van der Waals surface area contributed by atoms with Crippen LogP contribution in [0.25, 0.3) is 0 Å². The van der Waals surface area contributed by atoms with Gasteiger partial charge in [-0.05, 0) is 25.0 Å². The summed E-state index contributed by atoms with van der Waals surface area (Å²) in [4.78, 5) is 18.9. The zero-order valence-electron chi connectivity index (χ0n) is 11.2. The Labute approximate surface area is 121 Å². The van der Waals surface area contributed by atoms with Gasteiger partial charge in [-0.2, -0.15) is 0 Å². The molecule has 3 rings (SSSR count). The van der Waals surface area contributed by atoms with Crippen LogP contribution in [-0.4, -0.2) is 22.6 Å². The molecule has 1 unspecified atom stereocenters. The highest BCUT2D eigenvalue weighted by molar-refractivity contribution is 7.11. The Hall–Kier alpha value is -1.88. The summed E-state index contributed by atoms with van der Waals surface area (Å²) in [6.45, 7) is 3.27. The van der Waals surface area contributed by atoms with E-state index in [1.54, 1.807) is 11.3 Å². The zero-order valence-corrected chi connectivity index (χ0v) is 12.1. The van der Waals surface area contributed by atoms with Crippen molar-refractivity contribution in [1.82, 2.24) is 4.98 Å². The Morgan fingerprint density at radius 2 is 2.30 bits per heavy atom. The molecule has 0 fully saturated rings. The number of thiazole rings is 1. The zero-order chi connectivity index (χ0) is 14.1. The number of hydrogen-bond donors (Lipinski definition) is 1. The van der Waals surface area contributed by atoms with Crippen molar-refractivity contribution < 1.29 is 9.90 Å². The molecule has 0 spiro atoms. The topological polar surface area (TPSA) is 53.4 Å². The standard InChI is InChI=1S/C15H16N2O2S/c1-10-16-7-13(20-10)9-17-8-12(15(18)19)6-11-4-2-3-5-14(11)17/h2-5,7,12H,6,8-9H2,1H3,(H,18,19). The number of aromatic nitrogens is 1. The first-order valence-corrected chi connectivity index (χ1v) is 7.42. The van der Waals surface area contributed by atoms with Gasteiger partial charge in [0.15, 0.2) is 0 Å². The second-order valence-electron chi connectivity index (χ2n) is 5.09. The molecule has 20 heavy (non-hydrogen) atoms. The Morgan fingerprint density at radius 3 is 3.00 bits per heavy atom. The van der Waals surface area contributed by atoms with Crippen LogP contribution in [0.15, 0.2) is 30.5 Å². The monoisotopic (exact) mass is 288 g/mol. The van der Waals surface area contributed by atoms with Crippen molar-refractivity contribution in [3.05, 3.63) is 45.9 Å². The van der Waals surface area contributed by atoms with Crippen LogP contribution in [0, 0.1) is 12.8 Å². The van der Waals surface area contributed by atoms with Gasteiger partial charge in [0.1, 0.15) is 0 Å². The van der Waals surface area contributed by atoms with E-state index in [9.17, 15) is 9.90 Å². The van der Waals surface area contributed by atoms with E-state index >= 15 is 0 Å². The van der Waals surface area contributed by atoms with Crippen LogP contribution in [0.5, 0.6) is 0 Å². The highest BCUT2D eigenvalue weighted by atomic mass is 32.1. The number of carboxylic acid groups (broad SMARTS) is 1. The average molecular weight is 288 g/mol. The highest BCUT2D eigenvalue weighted by Crippen LogP contribution is 2.31. The van der Waals surface area contributed by atoms with E-state index in [0.29, 0.717) is 13.0 Å². The first-order chi connectivity index (χ1) is 9.63. The molecule has 0 radical (unpaired) electrons. The molecule has 0 saturated carbocycles. The third-order valence-corrected chi connectivity index (χ3v) is 4.50. The molecule has 0 bridgehead atoms. The van der Waals surface area contributed by atoms with Crippen LogP contribution >= 0.6 is 11.3 Å². The molecule has 104 valence electrons. The van der Waals surface area contributed by atoms with Crippen molar-refractivity contribution in [3.8, 4) is 0 Å². The van der Waals surface area contributed by atoms with Crippen molar-refractivity contribution in [1.29, 1.82) is 0 Å². The molecule has 0 saturated heterocycles. The minimum Gasteiger partial charge on any atom is -0.481 e. The Morgan fingerprint density at radius 1 is 1.50 bits per heavy atom. The molecule has 5 heteroatoms. The predicted octanol–water partition coefficient (Wildman–Crippen LogP) is 2.72. The molecule has 0 aliphatic carbocycles. The minimum absolute atomic E-state index is 0.334. The number of hydrogen-bond acceptors (Lipinski definition) is 4. The van der Waals surface area contributed by atoms with E-state index in [1.165, 1.54) is 4.88 Å². The first kappa shape index (κ1) is 13.1. The fourth-order valence-electron chi connectivity index (χ4n) is 2.67. The molecule has 0 amide bonds. The first-order valence-electron chi connectivity index (χ1n) is 6.60. The molecule has 1 aliphatic rings. The Kier molecular flexibility index (Phi) is 3.44. The minimum atomic E-state index is -0.718. The quantitative estimate of drug-likeness (QED) is 0.943. The van der Waals surface area contributed by atoms with Crippen LogP contribution in [0.4, 0.5) is 5.69 Å². The van der Waals surface area contributed by atoms with Gasteiger partial charge >= 0.3 is 5.97 Å². The predicted molar refractivity (Wildman–Crippen MR) is 79.2 cm³/mol. The third kappa shape index (κ3) is 2.54. The van der Waals surface area contributed by atoms with Gasteiger partial charge in [0.2, 0.25) is 0 Å². The lowest BCUT2D eigenvalue weighted by atomic mass is 9.92. The number of fused-ring (bicyclic) bond motifs is 1. The second kappa shape index (κ2) is 5.25. The number of benzene rings is 1. The van der Waals surface area contributed by atoms with Gasteiger partial charge in [0.05, 0.1) is 17.5 Å². The van der Waals surface area contributed by atoms with E-state index in [1.807, 2.05) is 31.3 Å². The summed E-state index contributed by atoms with van der Waals surface area (Å²) < 4.78 is 0. The van der Waals surface area contributed by atoms with Crippen molar-refractivity contribution in [2.75, 3.05) is 11.4 Å². The summed E-state index contributed by atoms with van der Waals surface area (Å²) in [6, 6.07) is 8.07. The van der Waals surface area contributed by atoms with Gasteiger partial charge < -0.3 is 10.0 Å². The maximum atomic E-state index is 11.3. The molecule has 1 N–H and O–H groups in total. The number of aliphatic carboxylic acids is 1. The number of carbonyl (C=O) groups is 1. The molecule has 2 aromatic rings. The van der Waals surface area contributed by atoms with Gasteiger partial charge in [-0.1, -0.05) is 18.2 Å². The summed E-state index contributed by atoms with van der Waals surface area (Å²) >= 11 is 1.67. The maximum absolute atomic E-state index is 11.3. The van der Waals surface area contributed by atoms with Gasteiger partial charge in [-0.3, -0.25) is 4.79 Å². The molecule has 1 atom stereocenters. The van der Waals surface area contributed by atoms with Gasteiger partial charge in [0.25, 0.3) is 0 Å². The highest BCUT2D eigenvalue weighted by Gasteiger charge is 2.29. The molecule has 1 aliphatic heterocycles. The number of para-hydroxylation sites is 1. The Bertz CT molecular complexity index is 638. The van der Waals surface area contributed by atoms with Crippen LogP contribution < -0.4 is 4.90 Å². The van der Waals surface area contributed by atoms with Crippen LogP contribution in [-0.2, 0) is 17.8 Å². The molecule has 4 nitrogen and oxygen atoms in total. The van der Waals surface area contributed by atoms with Gasteiger partial charge in [0, 0.05) is 23.3 Å². The van der Waals surface area contributed by atoms with E-state index < -0.39 is 5.97 Å². The van der Waals surface area contributed by atoms with E-state index in [0.717, 1.165) is 22.8 Å². The summed E-state index contributed by atoms with van der Waals surface area (Å²) in [5, 5.41) is 10.4. The number of aryl methyl sites for hydroxylation is 1. The lowest BCUT2D eigenvalue weighted by molar-refractivity contribution is -0.141. The smallest absolute Gasteiger partial charge is 0.308 e. The van der Waals surface area contributed by atoms with Crippen molar-refractivity contribution in [2.24, 2.45) is 5.92 Å². The molecule has 1 aromatic heterocycles. The Balaban J connectivity index is 1.90. The largest absolute Gasteiger partial charge is 0.481 e. The van der Waals surface area contributed by atoms with Crippen LogP contribution in [0.2, 0.25) is 0 Å². The normalized spacial score (nSPS) is 17.9. The number of carboxylic acids is 1. The van der Waals surface area contributed by atoms with Crippen LogP contribution in [0.3, 0.4) is 0 Å². The summed E-state index contributed by atoms with van der Waals surface area (Å²) in [6.07, 6.45) is 2.50. The second-order valence-corrected chi connectivity index (χ2v) is 6.41. The van der Waals surface area contributed by atoms with Crippen molar-refractivity contribution in [2.45, 2.75) is 19.9 Å². The number of rotatable bonds is 3. The fraction of sp³-hybridized carbons (Fsp3) is 0.333. The molecular formula is C15H16N2O2S. The number of nitrogens with zero attached hydrogens (tertiary/aromatic N) is 2. The molecule has 1 aromatic carbocycles. The fourth-order valence-corrected chi connectivity index (χ4v) is 3.48. The van der Waals surface area contributed by atoms with Crippen LogP contribution in [0.1, 0.15) is 15.4 Å². The summed E-state index contributed by atoms with van der Waals surface area (Å²) in [7, 11) is 0. The van der Waals surface area contributed by atoms with Gasteiger partial charge in [-0.25, -0.2) is 4.98 Å². The van der Waals surface area contributed by atoms with Crippen molar-refractivity contribution in [3.63, 3.8) is 0 Å². The summed E-state index contributed by atoms with van der Waals surface area (Å²) in [5.41, 5.74) is 2.27. The third-order valence-electron chi connectivity index (χ3n) is 3.60. The van der Waals surface area contributed by atoms with E-state index in [4.69, 9.17) is 0 Å². The van der Waals surface area contributed by atoms with E-state index in [-0.39, 0.29) is 5.92 Å². The molecule has 2 heterocycles. The van der Waals surface area contributed by atoms with Crippen molar-refractivity contribution >= 4 is 23.0 Å². The van der Waals surface area contributed by atoms with E-state index in [2.05, 4.69) is 16.0 Å². The molecular weight excluding hydrogens is 272 g/mol. The maximum Gasteiger partial charge on any atom is 0.308 e.